The number of hydrogen-bond donors (Lipinski definition) is 1. The minimum Gasteiger partial charge on any atom is -0.339 e. The van der Waals surface area contributed by atoms with Crippen LogP contribution >= 0.6 is 0 Å². The number of carbonyl (C=O) groups is 1. The molecule has 0 unspecified atom stereocenters. The van der Waals surface area contributed by atoms with Crippen LogP contribution in [0.25, 0.3) is 11.3 Å². The Morgan fingerprint density at radius 2 is 1.89 bits per heavy atom. The van der Waals surface area contributed by atoms with Crippen molar-refractivity contribution in [2.75, 3.05) is 0 Å². The van der Waals surface area contributed by atoms with Gasteiger partial charge in [-0.25, -0.2) is 4.98 Å². The van der Waals surface area contributed by atoms with E-state index in [9.17, 15) is 18.0 Å². The highest BCUT2D eigenvalue weighted by Crippen LogP contribution is 2.31. The molecule has 2 aromatic rings. The molecule has 0 spiro atoms. The molecule has 100 valence electrons. The number of nitrogens with zero attached hydrogens (tertiary/aromatic N) is 1. The van der Waals surface area contributed by atoms with Crippen molar-refractivity contribution >= 4 is 6.29 Å². The van der Waals surface area contributed by atoms with Crippen molar-refractivity contribution in [3.8, 4) is 11.3 Å². The maximum absolute atomic E-state index is 12.5. The van der Waals surface area contributed by atoms with Gasteiger partial charge in [-0.05, 0) is 18.6 Å². The molecule has 1 aromatic carbocycles. The van der Waals surface area contributed by atoms with E-state index >= 15 is 0 Å². The quantitative estimate of drug-likeness (QED) is 0.866. The van der Waals surface area contributed by atoms with Crippen molar-refractivity contribution in [2.24, 2.45) is 0 Å². The van der Waals surface area contributed by atoms with E-state index in [1.54, 1.807) is 0 Å². The number of aryl methyl sites for hydroxylation is 1. The maximum atomic E-state index is 12.5. The van der Waals surface area contributed by atoms with Crippen LogP contribution in [-0.2, 0) is 12.6 Å². The molecule has 0 amide bonds. The van der Waals surface area contributed by atoms with Crippen LogP contribution in [0.3, 0.4) is 0 Å². The van der Waals surface area contributed by atoms with Gasteiger partial charge in [0.05, 0.1) is 11.3 Å². The molecular formula is C13H11F3N2O. The summed E-state index contributed by atoms with van der Waals surface area (Å²) in [5.74, 6) is 0.173. The van der Waals surface area contributed by atoms with Crippen LogP contribution in [0.1, 0.15) is 28.8 Å². The number of alkyl halides is 3. The third-order valence-electron chi connectivity index (χ3n) is 2.75. The lowest BCUT2D eigenvalue weighted by molar-refractivity contribution is -0.137. The van der Waals surface area contributed by atoms with Gasteiger partial charge in [0, 0.05) is 11.3 Å². The molecule has 1 heterocycles. The summed E-state index contributed by atoms with van der Waals surface area (Å²) in [5.41, 5.74) is 1.08. The minimum absolute atomic E-state index is 0.173. The fourth-order valence-electron chi connectivity index (χ4n) is 1.80. The Hall–Kier alpha value is -2.11. The zero-order chi connectivity index (χ0) is 14.0. The summed E-state index contributed by atoms with van der Waals surface area (Å²) < 4.78 is 37.4. The Kier molecular flexibility index (Phi) is 3.42. The molecule has 0 aliphatic carbocycles. The number of hydrogen-bond acceptors (Lipinski definition) is 2. The van der Waals surface area contributed by atoms with Gasteiger partial charge >= 0.3 is 6.18 Å². The van der Waals surface area contributed by atoms with E-state index in [1.165, 1.54) is 12.1 Å². The van der Waals surface area contributed by atoms with Crippen LogP contribution in [-0.4, -0.2) is 16.3 Å². The molecule has 0 saturated carbocycles. The number of carbonyl (C=O) groups excluding carboxylic acids is 1. The molecule has 0 saturated heterocycles. The SMILES string of the molecule is CCc1[nH]c(C=O)nc1-c1ccc(C(F)(F)F)cc1. The van der Waals surface area contributed by atoms with Gasteiger partial charge in [0.25, 0.3) is 0 Å². The zero-order valence-electron chi connectivity index (χ0n) is 10.1. The minimum atomic E-state index is -4.36. The summed E-state index contributed by atoms with van der Waals surface area (Å²) in [6.07, 6.45) is -3.17. The van der Waals surface area contributed by atoms with E-state index in [0.717, 1.165) is 17.8 Å². The highest BCUT2D eigenvalue weighted by Gasteiger charge is 2.30. The lowest BCUT2D eigenvalue weighted by Crippen LogP contribution is -2.04. The topological polar surface area (TPSA) is 45.8 Å². The van der Waals surface area contributed by atoms with Gasteiger partial charge in [-0.15, -0.1) is 0 Å². The van der Waals surface area contributed by atoms with Crippen molar-refractivity contribution < 1.29 is 18.0 Å². The number of aromatic nitrogens is 2. The van der Waals surface area contributed by atoms with Gasteiger partial charge in [0.1, 0.15) is 0 Å². The third kappa shape index (κ3) is 2.67. The number of halogens is 3. The van der Waals surface area contributed by atoms with Crippen molar-refractivity contribution in [1.29, 1.82) is 0 Å². The van der Waals surface area contributed by atoms with Crippen LogP contribution in [0.5, 0.6) is 0 Å². The monoisotopic (exact) mass is 268 g/mol. The molecule has 0 aliphatic heterocycles. The van der Waals surface area contributed by atoms with Crippen molar-refractivity contribution in [1.82, 2.24) is 9.97 Å². The first-order valence-corrected chi connectivity index (χ1v) is 5.67. The number of H-pyrrole nitrogens is 1. The Labute approximate surface area is 107 Å². The lowest BCUT2D eigenvalue weighted by atomic mass is 10.1. The van der Waals surface area contributed by atoms with Crippen molar-refractivity contribution in [3.05, 3.63) is 41.3 Å². The molecule has 0 aliphatic rings. The van der Waals surface area contributed by atoms with Crippen molar-refractivity contribution in [2.45, 2.75) is 19.5 Å². The van der Waals surface area contributed by atoms with Crippen LogP contribution in [0.4, 0.5) is 13.2 Å². The molecule has 0 radical (unpaired) electrons. The second kappa shape index (κ2) is 4.87. The molecular weight excluding hydrogens is 257 g/mol. The molecule has 6 heteroatoms. The highest BCUT2D eigenvalue weighted by molar-refractivity contribution is 5.73. The van der Waals surface area contributed by atoms with E-state index in [1.807, 2.05) is 6.92 Å². The highest BCUT2D eigenvalue weighted by atomic mass is 19.4. The summed E-state index contributed by atoms with van der Waals surface area (Å²) >= 11 is 0. The second-order valence-corrected chi connectivity index (χ2v) is 4.00. The maximum Gasteiger partial charge on any atom is 0.416 e. The number of rotatable bonds is 3. The normalized spacial score (nSPS) is 11.6. The molecule has 0 fully saturated rings. The first-order valence-electron chi connectivity index (χ1n) is 5.67. The van der Waals surface area contributed by atoms with E-state index in [4.69, 9.17) is 0 Å². The molecule has 3 nitrogen and oxygen atoms in total. The second-order valence-electron chi connectivity index (χ2n) is 4.00. The number of aldehydes is 1. The Bertz CT molecular complexity index is 585. The van der Waals surface area contributed by atoms with E-state index in [-0.39, 0.29) is 5.82 Å². The summed E-state index contributed by atoms with van der Waals surface area (Å²) in [4.78, 5) is 17.5. The number of aromatic amines is 1. The lowest BCUT2D eigenvalue weighted by Gasteiger charge is -2.07. The summed E-state index contributed by atoms with van der Waals surface area (Å²) in [6.45, 7) is 1.87. The van der Waals surface area contributed by atoms with Gasteiger partial charge in [-0.1, -0.05) is 19.1 Å². The molecule has 1 N–H and O–H groups in total. The predicted octanol–water partition coefficient (Wildman–Crippen LogP) is 3.47. The average molecular weight is 268 g/mol. The first-order chi connectivity index (χ1) is 8.95. The first kappa shape index (κ1) is 13.3. The largest absolute Gasteiger partial charge is 0.416 e. The van der Waals surface area contributed by atoms with Gasteiger partial charge in [0.15, 0.2) is 12.1 Å². The van der Waals surface area contributed by atoms with E-state index < -0.39 is 11.7 Å². The van der Waals surface area contributed by atoms with Crippen LogP contribution in [0, 0.1) is 0 Å². The zero-order valence-corrected chi connectivity index (χ0v) is 10.1. The van der Waals surface area contributed by atoms with Gasteiger partial charge in [0.2, 0.25) is 0 Å². The standard InChI is InChI=1S/C13H11F3N2O/c1-2-10-12(18-11(7-19)17-10)8-3-5-9(6-4-8)13(14,15)16/h3-7H,2H2,1H3,(H,17,18). The third-order valence-corrected chi connectivity index (χ3v) is 2.75. The Morgan fingerprint density at radius 1 is 1.26 bits per heavy atom. The number of nitrogens with one attached hydrogen (secondary N) is 1. The molecule has 0 atom stereocenters. The predicted molar refractivity (Wildman–Crippen MR) is 63.8 cm³/mol. The van der Waals surface area contributed by atoms with Crippen LogP contribution in [0.15, 0.2) is 24.3 Å². The summed E-state index contributed by atoms with van der Waals surface area (Å²) in [6, 6.07) is 4.72. The van der Waals surface area contributed by atoms with Crippen molar-refractivity contribution in [3.63, 3.8) is 0 Å². The fraction of sp³-hybridized carbons (Fsp3) is 0.231. The van der Waals surface area contributed by atoms with E-state index in [0.29, 0.717) is 24.0 Å². The number of imidazole rings is 1. The summed E-state index contributed by atoms with van der Waals surface area (Å²) in [7, 11) is 0. The molecule has 0 bridgehead atoms. The Balaban J connectivity index is 2.42. The molecule has 2 rings (SSSR count). The van der Waals surface area contributed by atoms with Gasteiger partial charge in [-0.2, -0.15) is 13.2 Å². The fourth-order valence-corrected chi connectivity index (χ4v) is 1.80. The number of benzene rings is 1. The van der Waals surface area contributed by atoms with Crippen LogP contribution < -0.4 is 0 Å². The van der Waals surface area contributed by atoms with E-state index in [2.05, 4.69) is 9.97 Å². The smallest absolute Gasteiger partial charge is 0.339 e. The molecule has 19 heavy (non-hydrogen) atoms. The molecule has 1 aromatic heterocycles. The van der Waals surface area contributed by atoms with Gasteiger partial charge < -0.3 is 4.98 Å². The Morgan fingerprint density at radius 3 is 2.37 bits per heavy atom. The summed E-state index contributed by atoms with van der Waals surface area (Å²) in [5, 5.41) is 0. The average Bonchev–Trinajstić information content (AvgIpc) is 2.81. The van der Waals surface area contributed by atoms with Gasteiger partial charge in [-0.3, -0.25) is 4.79 Å². The van der Waals surface area contributed by atoms with Crippen LogP contribution in [0.2, 0.25) is 0 Å².